The van der Waals surface area contributed by atoms with Crippen molar-refractivity contribution >= 4 is 22.5 Å². The third-order valence-electron chi connectivity index (χ3n) is 5.85. The predicted molar refractivity (Wildman–Crippen MR) is 120 cm³/mol. The van der Waals surface area contributed by atoms with Crippen molar-refractivity contribution in [2.75, 3.05) is 25.1 Å². The van der Waals surface area contributed by atoms with Crippen molar-refractivity contribution in [3.05, 3.63) is 53.6 Å². The molecule has 0 radical (unpaired) electrons. The third kappa shape index (κ3) is 4.12. The minimum absolute atomic E-state index is 0.0874. The van der Waals surface area contributed by atoms with Crippen LogP contribution >= 0.6 is 0 Å². The number of aliphatic hydroxyl groups is 1. The normalized spacial score (nSPS) is 17.4. The lowest BCUT2D eigenvalue weighted by molar-refractivity contribution is -0.0556. The number of aliphatic hydroxyl groups excluding tert-OH is 1. The standard InChI is InChI=1S/C23H24F2N6O3/c1-13(15-4-3-5-16(8-15)23(24,25)11-32)27-20-18-9-19(34-17-6-7-33-10-17)22-30-26-12-31(22)21(18)29-14(2)28-20/h3-5,8-9,12-13,17,32H,6-7,10-11H2,1-2H3,(H,27,28,29)/t13-,17+/m1/s1. The Kier molecular flexibility index (Phi) is 5.74. The molecule has 2 atom stereocenters. The van der Waals surface area contributed by atoms with Gasteiger partial charge >= 0.3 is 0 Å². The van der Waals surface area contributed by atoms with Crippen LogP contribution in [0.5, 0.6) is 5.75 Å². The first-order valence-electron chi connectivity index (χ1n) is 11.0. The lowest BCUT2D eigenvalue weighted by Gasteiger charge is -2.20. The number of pyridine rings is 1. The van der Waals surface area contributed by atoms with Crippen LogP contribution in [0.3, 0.4) is 0 Å². The zero-order valence-electron chi connectivity index (χ0n) is 18.7. The van der Waals surface area contributed by atoms with Gasteiger partial charge in [0.15, 0.2) is 11.4 Å². The van der Waals surface area contributed by atoms with Crippen molar-refractivity contribution in [3.8, 4) is 5.75 Å². The zero-order valence-corrected chi connectivity index (χ0v) is 18.7. The lowest BCUT2D eigenvalue weighted by Crippen LogP contribution is -2.19. The maximum absolute atomic E-state index is 14.0. The number of hydrogen-bond donors (Lipinski definition) is 2. The van der Waals surface area contributed by atoms with Crippen LogP contribution < -0.4 is 10.1 Å². The third-order valence-corrected chi connectivity index (χ3v) is 5.85. The summed E-state index contributed by atoms with van der Waals surface area (Å²) in [7, 11) is 0. The molecule has 0 unspecified atom stereocenters. The van der Waals surface area contributed by atoms with Crippen molar-refractivity contribution in [1.82, 2.24) is 24.6 Å². The summed E-state index contributed by atoms with van der Waals surface area (Å²) in [6.07, 6.45) is 2.26. The second kappa shape index (κ2) is 8.73. The van der Waals surface area contributed by atoms with Gasteiger partial charge in [-0.3, -0.25) is 4.40 Å². The molecular formula is C23H24F2N6O3. The van der Waals surface area contributed by atoms with Crippen LogP contribution in [0, 0.1) is 6.92 Å². The van der Waals surface area contributed by atoms with Crippen molar-refractivity contribution in [3.63, 3.8) is 0 Å². The Labute approximate surface area is 193 Å². The average molecular weight is 470 g/mol. The number of hydrogen-bond acceptors (Lipinski definition) is 8. The van der Waals surface area contributed by atoms with E-state index in [0.29, 0.717) is 52.8 Å². The Bertz CT molecular complexity index is 1340. The lowest BCUT2D eigenvalue weighted by atomic mass is 10.0. The van der Waals surface area contributed by atoms with Crippen molar-refractivity contribution in [2.45, 2.75) is 38.3 Å². The summed E-state index contributed by atoms with van der Waals surface area (Å²) in [6, 6.07) is 7.44. The van der Waals surface area contributed by atoms with Gasteiger partial charge in [0, 0.05) is 18.0 Å². The van der Waals surface area contributed by atoms with E-state index in [9.17, 15) is 8.78 Å². The Balaban J connectivity index is 1.55. The number of nitrogens with zero attached hydrogens (tertiary/aromatic N) is 5. The van der Waals surface area contributed by atoms with Crippen LogP contribution in [0.2, 0.25) is 0 Å². The van der Waals surface area contributed by atoms with Gasteiger partial charge in [-0.25, -0.2) is 9.97 Å². The molecule has 1 fully saturated rings. The topological polar surface area (TPSA) is 107 Å². The first-order valence-corrected chi connectivity index (χ1v) is 11.0. The van der Waals surface area contributed by atoms with Crippen molar-refractivity contribution in [2.24, 2.45) is 0 Å². The van der Waals surface area contributed by atoms with Crippen LogP contribution in [0.1, 0.15) is 36.3 Å². The van der Waals surface area contributed by atoms with Gasteiger partial charge in [-0.2, -0.15) is 8.78 Å². The molecule has 4 aromatic rings. The molecule has 0 bridgehead atoms. The first-order chi connectivity index (χ1) is 16.4. The van der Waals surface area contributed by atoms with Gasteiger partial charge in [0.05, 0.1) is 18.6 Å². The minimum atomic E-state index is -3.32. The van der Waals surface area contributed by atoms with Gasteiger partial charge in [-0.15, -0.1) is 10.2 Å². The summed E-state index contributed by atoms with van der Waals surface area (Å²) in [6.45, 7) is 3.51. The van der Waals surface area contributed by atoms with Gasteiger partial charge in [0.2, 0.25) is 5.65 Å². The van der Waals surface area contributed by atoms with E-state index < -0.39 is 12.5 Å². The molecule has 9 nitrogen and oxygen atoms in total. The highest BCUT2D eigenvalue weighted by molar-refractivity contribution is 5.91. The highest BCUT2D eigenvalue weighted by Gasteiger charge is 2.31. The number of ether oxygens (including phenoxy) is 2. The van der Waals surface area contributed by atoms with Crippen LogP contribution in [-0.4, -0.2) is 55.6 Å². The summed E-state index contributed by atoms with van der Waals surface area (Å²) in [5, 5.41) is 21.3. The van der Waals surface area contributed by atoms with Crippen LogP contribution in [-0.2, 0) is 10.7 Å². The van der Waals surface area contributed by atoms with Gasteiger partial charge in [-0.1, -0.05) is 18.2 Å². The Hall–Kier alpha value is -3.44. The van der Waals surface area contributed by atoms with Gasteiger partial charge < -0.3 is 19.9 Å². The number of anilines is 1. The number of aryl methyl sites for hydroxylation is 1. The fraction of sp³-hybridized carbons (Fsp3) is 0.391. The number of fused-ring (bicyclic) bond motifs is 3. The van der Waals surface area contributed by atoms with E-state index in [1.54, 1.807) is 29.8 Å². The zero-order chi connectivity index (χ0) is 23.9. The van der Waals surface area contributed by atoms with Gasteiger partial charge in [0.1, 0.15) is 30.7 Å². The second-order valence-corrected chi connectivity index (χ2v) is 8.35. The van der Waals surface area contributed by atoms with E-state index in [2.05, 4.69) is 25.5 Å². The molecule has 5 rings (SSSR count). The van der Waals surface area contributed by atoms with Gasteiger partial charge in [-0.05, 0) is 31.5 Å². The molecule has 0 aliphatic carbocycles. The van der Waals surface area contributed by atoms with Crippen molar-refractivity contribution in [1.29, 1.82) is 0 Å². The summed E-state index contributed by atoms with van der Waals surface area (Å²) >= 11 is 0. The molecule has 11 heteroatoms. The molecule has 4 heterocycles. The number of nitrogens with one attached hydrogen (secondary N) is 1. The molecule has 1 aromatic carbocycles. The number of benzene rings is 1. The summed E-state index contributed by atoms with van der Waals surface area (Å²) in [5.74, 6) is -1.73. The summed E-state index contributed by atoms with van der Waals surface area (Å²) in [5.41, 5.74) is 1.51. The first kappa shape index (κ1) is 22.4. The molecule has 178 valence electrons. The molecule has 1 aliphatic rings. The maximum atomic E-state index is 14.0. The maximum Gasteiger partial charge on any atom is 0.295 e. The minimum Gasteiger partial charge on any atom is -0.484 e. The highest BCUT2D eigenvalue weighted by Crippen LogP contribution is 2.33. The summed E-state index contributed by atoms with van der Waals surface area (Å²) in [4.78, 5) is 9.15. The van der Waals surface area contributed by atoms with Crippen LogP contribution in [0.4, 0.5) is 14.6 Å². The fourth-order valence-electron chi connectivity index (χ4n) is 4.03. The number of halogens is 2. The smallest absolute Gasteiger partial charge is 0.295 e. The number of alkyl halides is 2. The largest absolute Gasteiger partial charge is 0.484 e. The van der Waals surface area contributed by atoms with E-state index in [-0.39, 0.29) is 17.7 Å². The van der Waals surface area contributed by atoms with E-state index in [1.165, 1.54) is 12.1 Å². The molecule has 2 N–H and O–H groups in total. The Morgan fingerprint density at radius 3 is 2.91 bits per heavy atom. The molecule has 34 heavy (non-hydrogen) atoms. The molecular weight excluding hydrogens is 446 g/mol. The summed E-state index contributed by atoms with van der Waals surface area (Å²) < 4.78 is 41.4. The molecule has 3 aromatic heterocycles. The predicted octanol–water partition coefficient (Wildman–Crippen LogP) is 3.41. The van der Waals surface area contributed by atoms with E-state index in [0.717, 1.165) is 6.42 Å². The quantitative estimate of drug-likeness (QED) is 0.423. The second-order valence-electron chi connectivity index (χ2n) is 8.35. The molecule has 0 amide bonds. The molecule has 0 spiro atoms. The molecule has 0 saturated carbocycles. The number of rotatable bonds is 7. The van der Waals surface area contributed by atoms with E-state index in [1.807, 2.05) is 13.0 Å². The highest BCUT2D eigenvalue weighted by atomic mass is 19.3. The SMILES string of the molecule is Cc1nc(N[C@H](C)c2cccc(C(F)(F)CO)c2)c2cc(O[C@H]3CCOC3)c3nncn3c2n1. The number of aromatic nitrogens is 5. The molecule has 1 saturated heterocycles. The Morgan fingerprint density at radius 1 is 1.29 bits per heavy atom. The van der Waals surface area contributed by atoms with E-state index >= 15 is 0 Å². The monoisotopic (exact) mass is 470 g/mol. The average Bonchev–Trinajstić information content (AvgIpc) is 3.52. The van der Waals surface area contributed by atoms with Gasteiger partial charge in [0.25, 0.3) is 5.92 Å². The van der Waals surface area contributed by atoms with Crippen LogP contribution in [0.15, 0.2) is 36.7 Å². The van der Waals surface area contributed by atoms with Crippen LogP contribution in [0.25, 0.3) is 16.7 Å². The van der Waals surface area contributed by atoms with E-state index in [4.69, 9.17) is 14.6 Å². The fourth-order valence-corrected chi connectivity index (χ4v) is 4.03. The van der Waals surface area contributed by atoms with Crippen molar-refractivity contribution < 1.29 is 23.4 Å². The Morgan fingerprint density at radius 2 is 2.15 bits per heavy atom. The molecule has 1 aliphatic heterocycles.